The predicted octanol–water partition coefficient (Wildman–Crippen LogP) is 3.86. The van der Waals surface area contributed by atoms with E-state index in [9.17, 15) is 26.7 Å². The van der Waals surface area contributed by atoms with Gasteiger partial charge in [-0.05, 0) is 52.2 Å². The van der Waals surface area contributed by atoms with Crippen LogP contribution >= 0.6 is 15.9 Å². The number of amides is 1. The van der Waals surface area contributed by atoms with Gasteiger partial charge in [0.1, 0.15) is 5.82 Å². The summed E-state index contributed by atoms with van der Waals surface area (Å²) in [4.78, 5) is 18.2. The summed E-state index contributed by atoms with van der Waals surface area (Å²) in [5.41, 5.74) is 4.22. The third-order valence-corrected chi connectivity index (χ3v) is 5.14. The number of carbonyl (C=O) groups is 1. The number of hydrogen-bond acceptors (Lipinski definition) is 4. The van der Waals surface area contributed by atoms with Gasteiger partial charge in [-0.1, -0.05) is 6.07 Å². The van der Waals surface area contributed by atoms with E-state index in [1.807, 2.05) is 0 Å². The number of benzene rings is 1. The van der Waals surface area contributed by atoms with Crippen LogP contribution in [0.3, 0.4) is 0 Å². The average Bonchev–Trinajstić information content (AvgIpc) is 2.83. The van der Waals surface area contributed by atoms with Crippen molar-refractivity contribution >= 4 is 27.8 Å². The third-order valence-electron chi connectivity index (χ3n) is 4.53. The minimum Gasteiger partial charge on any atom is -0.403 e. The van der Waals surface area contributed by atoms with Crippen molar-refractivity contribution < 1.29 is 31.5 Å². The van der Waals surface area contributed by atoms with Crippen molar-refractivity contribution in [3.05, 3.63) is 57.8 Å². The van der Waals surface area contributed by atoms with Gasteiger partial charge in [0.05, 0.1) is 4.47 Å². The number of guanidine groups is 1. The number of nitrogens with zero attached hydrogens (tertiary/aromatic N) is 2. The largest absolute Gasteiger partial charge is 0.573 e. The molecule has 2 atom stereocenters. The number of allylic oxidation sites excluding steroid dienone is 2. The summed E-state index contributed by atoms with van der Waals surface area (Å²) in [5, 5.41) is 0. The summed E-state index contributed by atoms with van der Waals surface area (Å²) >= 11 is 3.02. The second kappa shape index (κ2) is 6.87. The normalized spacial score (nSPS) is 25.4. The maximum absolute atomic E-state index is 14.3. The molecule has 1 aliphatic heterocycles. The van der Waals surface area contributed by atoms with Crippen molar-refractivity contribution in [2.24, 2.45) is 16.6 Å². The first kappa shape index (κ1) is 20.3. The highest BCUT2D eigenvalue weighted by molar-refractivity contribution is 9.10. The zero-order chi connectivity index (χ0) is 20.9. The summed E-state index contributed by atoms with van der Waals surface area (Å²) in [6.45, 7) is 0. The maximum atomic E-state index is 14.3. The molecule has 11 heteroatoms. The van der Waals surface area contributed by atoms with E-state index in [1.165, 1.54) is 19.2 Å². The van der Waals surface area contributed by atoms with Crippen LogP contribution in [0.5, 0.6) is 0 Å². The van der Waals surface area contributed by atoms with Gasteiger partial charge in [0.2, 0.25) is 0 Å². The van der Waals surface area contributed by atoms with E-state index in [1.54, 1.807) is 0 Å². The smallest absolute Gasteiger partial charge is 0.403 e. The molecular weight excluding hydrogens is 453 g/mol. The Morgan fingerprint density at radius 2 is 2.04 bits per heavy atom. The van der Waals surface area contributed by atoms with Crippen LogP contribution < -0.4 is 5.73 Å². The molecule has 3 rings (SSSR count). The van der Waals surface area contributed by atoms with Gasteiger partial charge in [0, 0.05) is 13.0 Å². The summed E-state index contributed by atoms with van der Waals surface area (Å²) in [5.74, 6) is -4.66. The molecule has 0 fully saturated rings. The third kappa shape index (κ3) is 3.38. The van der Waals surface area contributed by atoms with Crippen molar-refractivity contribution in [1.82, 2.24) is 4.90 Å². The first-order valence-electron chi connectivity index (χ1n) is 7.88. The Labute approximate surface area is 164 Å². The molecule has 0 bridgehead atoms. The van der Waals surface area contributed by atoms with Crippen molar-refractivity contribution in [3.63, 3.8) is 0 Å². The molecule has 0 spiro atoms. The van der Waals surface area contributed by atoms with Gasteiger partial charge in [-0.3, -0.25) is 9.69 Å². The minimum atomic E-state index is -5.06. The highest BCUT2D eigenvalue weighted by Gasteiger charge is 2.53. The molecule has 1 heterocycles. The molecule has 0 saturated carbocycles. The standard InChI is InChI=1S/C17H13BrF5N3O2/c1-26-14(27)16(25-15(26)24,8-2-4-11(19)10(18)6-8)9-3-5-13(12(20)7-9)28-17(21,22)23/h2,4-7,9H,3H2,1H3,(H2,24,25). The second-order valence-corrected chi connectivity index (χ2v) is 7.06. The lowest BCUT2D eigenvalue weighted by molar-refractivity contribution is -0.305. The average molecular weight is 466 g/mol. The van der Waals surface area contributed by atoms with E-state index in [0.29, 0.717) is 0 Å². The van der Waals surface area contributed by atoms with E-state index >= 15 is 0 Å². The zero-order valence-corrected chi connectivity index (χ0v) is 15.8. The molecule has 1 aromatic carbocycles. The first-order valence-corrected chi connectivity index (χ1v) is 8.67. The molecule has 2 unspecified atom stereocenters. The molecule has 1 amide bonds. The quantitative estimate of drug-likeness (QED) is 0.689. The van der Waals surface area contributed by atoms with Crippen molar-refractivity contribution in [2.45, 2.75) is 18.3 Å². The van der Waals surface area contributed by atoms with Crippen molar-refractivity contribution in [2.75, 3.05) is 7.05 Å². The fourth-order valence-corrected chi connectivity index (χ4v) is 3.58. The monoisotopic (exact) mass is 465 g/mol. The highest BCUT2D eigenvalue weighted by atomic mass is 79.9. The molecule has 150 valence electrons. The minimum absolute atomic E-state index is 0.0393. The fourth-order valence-electron chi connectivity index (χ4n) is 3.20. The molecule has 0 aromatic heterocycles. The van der Waals surface area contributed by atoms with Gasteiger partial charge >= 0.3 is 6.36 Å². The Bertz CT molecular complexity index is 928. The fraction of sp³-hybridized carbons (Fsp3) is 0.294. The number of alkyl halides is 3. The molecule has 1 aromatic rings. The van der Waals surface area contributed by atoms with Crippen LogP contribution in [0.25, 0.3) is 0 Å². The molecule has 0 saturated heterocycles. The van der Waals surface area contributed by atoms with E-state index in [0.717, 1.165) is 23.1 Å². The van der Waals surface area contributed by atoms with E-state index in [-0.39, 0.29) is 22.4 Å². The van der Waals surface area contributed by atoms with Crippen LogP contribution in [0.1, 0.15) is 12.0 Å². The zero-order valence-electron chi connectivity index (χ0n) is 14.2. The number of hydrogen-bond donors (Lipinski definition) is 1. The number of likely N-dealkylation sites (N-methyl/N-ethyl adjacent to an activating group) is 1. The lowest BCUT2D eigenvalue weighted by Gasteiger charge is -2.33. The molecule has 2 aliphatic rings. The Morgan fingerprint density at radius 1 is 1.36 bits per heavy atom. The number of halogens is 6. The highest BCUT2D eigenvalue weighted by Crippen LogP contribution is 2.46. The van der Waals surface area contributed by atoms with Gasteiger partial charge in [0.25, 0.3) is 5.91 Å². The van der Waals surface area contributed by atoms with Gasteiger partial charge in [-0.2, -0.15) is 0 Å². The first-order chi connectivity index (χ1) is 13.0. The summed E-state index contributed by atoms with van der Waals surface area (Å²) in [6.07, 6.45) is -3.52. The molecule has 5 nitrogen and oxygen atoms in total. The number of nitrogens with two attached hydrogens (primary N) is 1. The van der Waals surface area contributed by atoms with Crippen LogP contribution in [-0.4, -0.2) is 30.2 Å². The van der Waals surface area contributed by atoms with Crippen LogP contribution in [-0.2, 0) is 15.1 Å². The van der Waals surface area contributed by atoms with Crippen LogP contribution in [0.4, 0.5) is 22.0 Å². The molecule has 0 radical (unpaired) electrons. The van der Waals surface area contributed by atoms with Gasteiger partial charge in [-0.15, -0.1) is 13.2 Å². The number of carbonyl (C=O) groups excluding carboxylic acids is 1. The summed E-state index contributed by atoms with van der Waals surface area (Å²) in [7, 11) is 1.36. The molecule has 1 aliphatic carbocycles. The van der Waals surface area contributed by atoms with E-state index < -0.39 is 41.1 Å². The molecular formula is C17H13BrF5N3O2. The van der Waals surface area contributed by atoms with E-state index in [4.69, 9.17) is 5.73 Å². The SMILES string of the molecule is CN1C(=O)C(c2ccc(F)c(Br)c2)(C2C=C(F)C(OC(F)(F)F)=CC2)N=C1N. The van der Waals surface area contributed by atoms with E-state index in [2.05, 4.69) is 25.7 Å². The number of aliphatic imine (C=N–C) groups is 1. The molecule has 28 heavy (non-hydrogen) atoms. The number of ether oxygens (including phenoxy) is 1. The van der Waals surface area contributed by atoms with Crippen LogP contribution in [0, 0.1) is 11.7 Å². The summed E-state index contributed by atoms with van der Waals surface area (Å²) < 4.78 is 68.9. The Balaban J connectivity index is 2.08. The van der Waals surface area contributed by atoms with Gasteiger partial charge < -0.3 is 10.5 Å². The van der Waals surface area contributed by atoms with Crippen molar-refractivity contribution in [3.8, 4) is 0 Å². The van der Waals surface area contributed by atoms with Crippen molar-refractivity contribution in [1.29, 1.82) is 0 Å². The Kier molecular flexibility index (Phi) is 4.98. The topological polar surface area (TPSA) is 67.9 Å². The van der Waals surface area contributed by atoms with Gasteiger partial charge in [-0.25, -0.2) is 13.8 Å². The Morgan fingerprint density at radius 3 is 2.54 bits per heavy atom. The lowest BCUT2D eigenvalue weighted by atomic mass is 9.74. The predicted molar refractivity (Wildman–Crippen MR) is 92.7 cm³/mol. The second-order valence-electron chi connectivity index (χ2n) is 6.20. The lowest BCUT2D eigenvalue weighted by Crippen LogP contribution is -2.44. The maximum Gasteiger partial charge on any atom is 0.573 e. The Hall–Kier alpha value is -2.43. The molecule has 2 N–H and O–H groups in total. The van der Waals surface area contributed by atoms with Gasteiger partial charge in [0.15, 0.2) is 23.1 Å². The van der Waals surface area contributed by atoms with Crippen LogP contribution in [0.2, 0.25) is 0 Å². The number of rotatable bonds is 3. The van der Waals surface area contributed by atoms with Crippen LogP contribution in [0.15, 0.2) is 51.4 Å². The summed E-state index contributed by atoms with van der Waals surface area (Å²) in [6, 6.07) is 3.70.